The van der Waals surface area contributed by atoms with Crippen LogP contribution in [0.4, 0.5) is 4.39 Å². The standard InChI is InChI=1S/C20H25FN4O/c1-20(2,16-8-5-9-17(21)11-16)13-25-19(23-3)24-12-14-6-4-7-15(10-14)18(22)26/h4-11H,12-13H2,1-3H3,(H2,22,26)(H2,23,24,25). The summed E-state index contributed by atoms with van der Waals surface area (Å²) in [5.41, 5.74) is 7.34. The summed E-state index contributed by atoms with van der Waals surface area (Å²) in [6.45, 7) is 5.16. The van der Waals surface area contributed by atoms with Crippen LogP contribution < -0.4 is 16.4 Å². The fraction of sp³-hybridized carbons (Fsp3) is 0.300. The third-order valence-electron chi connectivity index (χ3n) is 4.20. The van der Waals surface area contributed by atoms with E-state index in [1.165, 1.54) is 6.07 Å². The van der Waals surface area contributed by atoms with Gasteiger partial charge < -0.3 is 16.4 Å². The Morgan fingerprint density at radius 3 is 2.54 bits per heavy atom. The Morgan fingerprint density at radius 1 is 1.15 bits per heavy atom. The molecule has 0 aliphatic heterocycles. The summed E-state index contributed by atoms with van der Waals surface area (Å²) in [7, 11) is 1.68. The third-order valence-corrected chi connectivity index (χ3v) is 4.20. The van der Waals surface area contributed by atoms with Gasteiger partial charge in [-0.05, 0) is 35.4 Å². The van der Waals surface area contributed by atoms with E-state index in [0.717, 1.165) is 11.1 Å². The number of benzene rings is 2. The number of amides is 1. The monoisotopic (exact) mass is 356 g/mol. The van der Waals surface area contributed by atoms with Gasteiger partial charge in [0.05, 0.1) is 0 Å². The minimum absolute atomic E-state index is 0.243. The second-order valence-corrected chi connectivity index (χ2v) is 6.74. The van der Waals surface area contributed by atoms with E-state index in [9.17, 15) is 9.18 Å². The number of hydrogen-bond donors (Lipinski definition) is 3. The first-order chi connectivity index (χ1) is 12.3. The van der Waals surface area contributed by atoms with Gasteiger partial charge in [0.15, 0.2) is 5.96 Å². The molecule has 0 aliphatic carbocycles. The molecule has 5 nitrogen and oxygen atoms in total. The van der Waals surface area contributed by atoms with Crippen LogP contribution in [-0.4, -0.2) is 25.5 Å². The van der Waals surface area contributed by atoms with Crippen molar-refractivity contribution in [3.63, 3.8) is 0 Å². The highest BCUT2D eigenvalue weighted by molar-refractivity contribution is 5.92. The SMILES string of the molecule is CN=C(NCc1cccc(C(N)=O)c1)NCC(C)(C)c1cccc(F)c1. The first kappa shape index (κ1) is 19.4. The highest BCUT2D eigenvalue weighted by Gasteiger charge is 2.21. The number of aliphatic imine (C=N–C) groups is 1. The largest absolute Gasteiger partial charge is 0.366 e. The molecule has 0 atom stereocenters. The topological polar surface area (TPSA) is 79.5 Å². The molecule has 0 unspecified atom stereocenters. The summed E-state index contributed by atoms with van der Waals surface area (Å²) >= 11 is 0. The Morgan fingerprint density at radius 2 is 1.88 bits per heavy atom. The first-order valence-electron chi connectivity index (χ1n) is 8.41. The molecule has 1 amide bonds. The Balaban J connectivity index is 1.95. The van der Waals surface area contributed by atoms with E-state index in [1.54, 1.807) is 37.4 Å². The van der Waals surface area contributed by atoms with Crippen molar-refractivity contribution in [1.29, 1.82) is 0 Å². The molecule has 138 valence electrons. The normalized spacial score (nSPS) is 11.9. The molecular weight excluding hydrogens is 331 g/mol. The molecular formula is C20H25FN4O. The molecule has 0 spiro atoms. The fourth-order valence-electron chi connectivity index (χ4n) is 2.56. The molecule has 0 fully saturated rings. The Hall–Kier alpha value is -2.89. The van der Waals surface area contributed by atoms with Gasteiger partial charge >= 0.3 is 0 Å². The average Bonchev–Trinajstić information content (AvgIpc) is 2.62. The van der Waals surface area contributed by atoms with Crippen LogP contribution in [0.1, 0.15) is 35.3 Å². The van der Waals surface area contributed by atoms with Crippen molar-refractivity contribution in [3.8, 4) is 0 Å². The molecule has 6 heteroatoms. The fourth-order valence-corrected chi connectivity index (χ4v) is 2.56. The Kier molecular flexibility index (Phi) is 6.33. The summed E-state index contributed by atoms with van der Waals surface area (Å²) in [6, 6.07) is 13.7. The van der Waals surface area contributed by atoms with Crippen LogP contribution in [0, 0.1) is 5.82 Å². The van der Waals surface area contributed by atoms with Gasteiger partial charge in [-0.1, -0.05) is 38.1 Å². The number of rotatable bonds is 6. The van der Waals surface area contributed by atoms with E-state index >= 15 is 0 Å². The molecule has 26 heavy (non-hydrogen) atoms. The van der Waals surface area contributed by atoms with Gasteiger partial charge in [0.2, 0.25) is 5.91 Å². The van der Waals surface area contributed by atoms with E-state index in [1.807, 2.05) is 26.0 Å². The minimum atomic E-state index is -0.453. The number of carbonyl (C=O) groups is 1. The van der Waals surface area contributed by atoms with Gasteiger partial charge in [0.1, 0.15) is 5.82 Å². The maximum absolute atomic E-state index is 13.5. The van der Waals surface area contributed by atoms with Crippen molar-refractivity contribution < 1.29 is 9.18 Å². The maximum Gasteiger partial charge on any atom is 0.248 e. The van der Waals surface area contributed by atoms with Gasteiger partial charge in [0.25, 0.3) is 0 Å². The van der Waals surface area contributed by atoms with Gasteiger partial charge in [-0.2, -0.15) is 0 Å². The van der Waals surface area contributed by atoms with Crippen LogP contribution in [-0.2, 0) is 12.0 Å². The third kappa shape index (κ3) is 5.31. The van der Waals surface area contributed by atoms with Crippen LogP contribution in [0.5, 0.6) is 0 Å². The van der Waals surface area contributed by atoms with Gasteiger partial charge in [0, 0.05) is 31.1 Å². The average molecular weight is 356 g/mol. The quantitative estimate of drug-likeness (QED) is 0.550. The summed E-state index contributed by atoms with van der Waals surface area (Å²) in [6.07, 6.45) is 0. The number of primary amides is 1. The van der Waals surface area contributed by atoms with E-state index in [0.29, 0.717) is 24.6 Å². The number of halogens is 1. The molecule has 2 aromatic carbocycles. The molecule has 0 saturated heterocycles. The smallest absolute Gasteiger partial charge is 0.248 e. The zero-order chi connectivity index (χ0) is 19.2. The lowest BCUT2D eigenvalue weighted by atomic mass is 9.84. The lowest BCUT2D eigenvalue weighted by Crippen LogP contribution is -2.43. The number of nitrogens with two attached hydrogens (primary N) is 1. The predicted octanol–water partition coefficient (Wildman–Crippen LogP) is 2.57. The second kappa shape index (κ2) is 8.47. The van der Waals surface area contributed by atoms with Crippen molar-refractivity contribution in [2.24, 2.45) is 10.7 Å². The van der Waals surface area contributed by atoms with Crippen molar-refractivity contribution in [2.75, 3.05) is 13.6 Å². The van der Waals surface area contributed by atoms with E-state index in [2.05, 4.69) is 15.6 Å². The van der Waals surface area contributed by atoms with Crippen LogP contribution in [0.2, 0.25) is 0 Å². The highest BCUT2D eigenvalue weighted by Crippen LogP contribution is 2.22. The van der Waals surface area contributed by atoms with Crippen molar-refractivity contribution in [2.45, 2.75) is 25.8 Å². The molecule has 4 N–H and O–H groups in total. The predicted molar refractivity (Wildman–Crippen MR) is 103 cm³/mol. The molecule has 2 rings (SSSR count). The zero-order valence-electron chi connectivity index (χ0n) is 15.3. The van der Waals surface area contributed by atoms with E-state index in [-0.39, 0.29) is 11.2 Å². The Labute approximate surface area is 153 Å². The van der Waals surface area contributed by atoms with Crippen LogP contribution in [0.25, 0.3) is 0 Å². The summed E-state index contributed by atoms with van der Waals surface area (Å²) in [4.78, 5) is 15.5. The highest BCUT2D eigenvalue weighted by atomic mass is 19.1. The molecule has 0 radical (unpaired) electrons. The lowest BCUT2D eigenvalue weighted by Gasteiger charge is -2.27. The summed E-state index contributed by atoms with van der Waals surface area (Å²) in [5.74, 6) is -0.0717. The second-order valence-electron chi connectivity index (χ2n) is 6.74. The summed E-state index contributed by atoms with van der Waals surface area (Å²) < 4.78 is 13.5. The van der Waals surface area contributed by atoms with Gasteiger partial charge in [-0.3, -0.25) is 9.79 Å². The number of hydrogen-bond acceptors (Lipinski definition) is 2. The zero-order valence-corrected chi connectivity index (χ0v) is 15.3. The minimum Gasteiger partial charge on any atom is -0.366 e. The van der Waals surface area contributed by atoms with Crippen molar-refractivity contribution in [3.05, 3.63) is 71.0 Å². The number of nitrogens with zero attached hydrogens (tertiary/aromatic N) is 1. The van der Waals surface area contributed by atoms with Crippen molar-refractivity contribution in [1.82, 2.24) is 10.6 Å². The summed E-state index contributed by atoms with van der Waals surface area (Å²) in [5, 5.41) is 6.46. The molecule has 0 bridgehead atoms. The molecule has 2 aromatic rings. The van der Waals surface area contributed by atoms with Crippen LogP contribution in [0.3, 0.4) is 0 Å². The number of guanidine groups is 1. The van der Waals surface area contributed by atoms with Crippen LogP contribution >= 0.6 is 0 Å². The van der Waals surface area contributed by atoms with Gasteiger partial charge in [-0.25, -0.2) is 4.39 Å². The number of carbonyl (C=O) groups excluding carboxylic acids is 1. The number of nitrogens with one attached hydrogen (secondary N) is 2. The Bertz CT molecular complexity index is 802. The van der Waals surface area contributed by atoms with Crippen molar-refractivity contribution >= 4 is 11.9 Å². The lowest BCUT2D eigenvalue weighted by molar-refractivity contribution is 0.1000. The van der Waals surface area contributed by atoms with E-state index in [4.69, 9.17) is 5.73 Å². The molecule has 0 aromatic heterocycles. The van der Waals surface area contributed by atoms with E-state index < -0.39 is 5.91 Å². The molecule has 0 saturated carbocycles. The van der Waals surface area contributed by atoms with Crippen LogP contribution in [0.15, 0.2) is 53.5 Å². The first-order valence-corrected chi connectivity index (χ1v) is 8.41. The molecule has 0 aliphatic rings. The van der Waals surface area contributed by atoms with Gasteiger partial charge in [-0.15, -0.1) is 0 Å². The maximum atomic E-state index is 13.5. The molecule has 0 heterocycles.